The first-order chi connectivity index (χ1) is 9.78. The lowest BCUT2D eigenvalue weighted by Gasteiger charge is -2.06. The summed E-state index contributed by atoms with van der Waals surface area (Å²) in [5, 5.41) is 11.1. The molecule has 1 aromatic carbocycles. The van der Waals surface area contributed by atoms with Crippen molar-refractivity contribution in [1.29, 1.82) is 0 Å². The molecule has 2 heterocycles. The monoisotopic (exact) mass is 271 g/mol. The van der Waals surface area contributed by atoms with Gasteiger partial charge in [0.15, 0.2) is 0 Å². The van der Waals surface area contributed by atoms with Crippen LogP contribution in [-0.4, -0.2) is 38.1 Å². The second-order valence-electron chi connectivity index (χ2n) is 3.81. The van der Waals surface area contributed by atoms with Gasteiger partial charge in [0.05, 0.1) is 25.1 Å². The van der Waals surface area contributed by atoms with Gasteiger partial charge in [0.1, 0.15) is 5.75 Å². The van der Waals surface area contributed by atoms with E-state index in [0.29, 0.717) is 22.8 Å². The fraction of sp³-hybridized carbons (Fsp3) is 0.0833. The molecule has 3 aromatic rings. The topological polar surface area (TPSA) is 91.5 Å². The lowest BCUT2D eigenvalue weighted by Crippen LogP contribution is -2.01. The van der Waals surface area contributed by atoms with Crippen LogP contribution in [0, 0.1) is 0 Å². The molecule has 0 unspecified atom stereocenters. The number of hydrogen-bond donors (Lipinski definition) is 0. The van der Waals surface area contributed by atoms with Crippen molar-refractivity contribution in [3.63, 3.8) is 0 Å². The summed E-state index contributed by atoms with van der Waals surface area (Å²) in [5.41, 5.74) is 0.923. The van der Waals surface area contributed by atoms with Crippen LogP contribution in [-0.2, 0) is 4.74 Å². The lowest BCUT2D eigenvalue weighted by molar-refractivity contribution is 0.0600. The summed E-state index contributed by atoms with van der Waals surface area (Å²) >= 11 is 0. The molecule has 3 rings (SSSR count). The highest BCUT2D eigenvalue weighted by molar-refractivity contribution is 5.89. The number of aromatic nitrogens is 5. The van der Waals surface area contributed by atoms with Gasteiger partial charge in [-0.05, 0) is 34.7 Å². The minimum absolute atomic E-state index is 0.373. The van der Waals surface area contributed by atoms with E-state index >= 15 is 0 Å². The molecule has 0 saturated heterocycles. The standard InChI is InChI=1S/C12H9N5O3/c1-19-12(18)8-2-4-9(5-3-8)20-11-7-13-6-10-14-15-16-17(10)11/h2-7H,1H3. The lowest BCUT2D eigenvalue weighted by atomic mass is 10.2. The molecular weight excluding hydrogens is 262 g/mol. The molecule has 0 N–H and O–H groups in total. The van der Waals surface area contributed by atoms with Crippen molar-refractivity contribution in [1.82, 2.24) is 25.0 Å². The van der Waals surface area contributed by atoms with Gasteiger partial charge in [-0.1, -0.05) is 0 Å². The first kappa shape index (κ1) is 12.0. The normalized spacial score (nSPS) is 10.4. The van der Waals surface area contributed by atoms with Crippen LogP contribution in [0.3, 0.4) is 0 Å². The number of esters is 1. The molecule has 0 radical (unpaired) electrons. The fourth-order valence-electron chi connectivity index (χ4n) is 1.62. The smallest absolute Gasteiger partial charge is 0.337 e. The third-order valence-corrected chi connectivity index (χ3v) is 2.58. The highest BCUT2D eigenvalue weighted by Gasteiger charge is 2.08. The Morgan fingerprint density at radius 2 is 2.00 bits per heavy atom. The Bertz CT molecular complexity index is 753. The molecule has 0 saturated carbocycles. The van der Waals surface area contributed by atoms with E-state index in [0.717, 1.165) is 0 Å². The van der Waals surface area contributed by atoms with Crippen molar-refractivity contribution < 1.29 is 14.3 Å². The number of carbonyl (C=O) groups excluding carboxylic acids is 1. The van der Waals surface area contributed by atoms with Crippen molar-refractivity contribution in [2.24, 2.45) is 0 Å². The van der Waals surface area contributed by atoms with Crippen LogP contribution in [0.25, 0.3) is 5.65 Å². The molecule has 8 nitrogen and oxygen atoms in total. The van der Waals surface area contributed by atoms with E-state index in [1.165, 1.54) is 24.0 Å². The van der Waals surface area contributed by atoms with E-state index in [9.17, 15) is 4.79 Å². The van der Waals surface area contributed by atoms with Gasteiger partial charge in [-0.3, -0.25) is 4.98 Å². The summed E-state index contributed by atoms with van der Waals surface area (Å²) in [4.78, 5) is 15.3. The van der Waals surface area contributed by atoms with Gasteiger partial charge in [0.25, 0.3) is 0 Å². The Kier molecular flexibility index (Phi) is 2.96. The number of methoxy groups -OCH3 is 1. The Balaban J connectivity index is 1.88. The van der Waals surface area contributed by atoms with Crippen molar-refractivity contribution in [2.45, 2.75) is 0 Å². The highest BCUT2D eigenvalue weighted by Crippen LogP contribution is 2.20. The van der Waals surface area contributed by atoms with Crippen LogP contribution in [0.15, 0.2) is 36.7 Å². The maximum Gasteiger partial charge on any atom is 0.337 e. The fourth-order valence-corrected chi connectivity index (χ4v) is 1.62. The summed E-state index contributed by atoms with van der Waals surface area (Å²) in [6.07, 6.45) is 3.02. The van der Waals surface area contributed by atoms with Crippen LogP contribution in [0.5, 0.6) is 11.6 Å². The van der Waals surface area contributed by atoms with Crippen LogP contribution >= 0.6 is 0 Å². The predicted molar refractivity (Wildman–Crippen MR) is 66.4 cm³/mol. The minimum atomic E-state index is -0.402. The molecular formula is C12H9N5O3. The Morgan fingerprint density at radius 3 is 2.75 bits per heavy atom. The molecule has 0 aliphatic carbocycles. The zero-order valence-electron chi connectivity index (χ0n) is 10.4. The molecule has 0 atom stereocenters. The van der Waals surface area contributed by atoms with Crippen LogP contribution in [0.4, 0.5) is 0 Å². The van der Waals surface area contributed by atoms with Crippen LogP contribution in [0.1, 0.15) is 10.4 Å². The van der Waals surface area contributed by atoms with Crippen molar-refractivity contribution in [2.75, 3.05) is 7.11 Å². The molecule has 100 valence electrons. The first-order valence-corrected chi connectivity index (χ1v) is 5.66. The van der Waals surface area contributed by atoms with Crippen molar-refractivity contribution in [3.8, 4) is 11.6 Å². The van der Waals surface area contributed by atoms with E-state index in [1.807, 2.05) is 0 Å². The summed E-state index contributed by atoms with van der Waals surface area (Å²) in [6.45, 7) is 0. The van der Waals surface area contributed by atoms with Crippen molar-refractivity contribution >= 4 is 11.6 Å². The van der Waals surface area contributed by atoms with E-state index in [-0.39, 0.29) is 0 Å². The van der Waals surface area contributed by atoms with E-state index < -0.39 is 5.97 Å². The van der Waals surface area contributed by atoms with Crippen LogP contribution < -0.4 is 4.74 Å². The average molecular weight is 271 g/mol. The summed E-state index contributed by atoms with van der Waals surface area (Å²) < 4.78 is 11.7. The van der Waals surface area contributed by atoms with Gasteiger partial charge in [-0.25, -0.2) is 4.79 Å². The molecule has 0 bridgehead atoms. The SMILES string of the molecule is COC(=O)c1ccc(Oc2cncc3nnnn23)cc1. The predicted octanol–water partition coefficient (Wildman–Crippen LogP) is 1.10. The summed E-state index contributed by atoms with van der Waals surface area (Å²) in [5.74, 6) is 0.501. The molecule has 2 aromatic heterocycles. The average Bonchev–Trinajstić information content (AvgIpc) is 2.97. The molecule has 0 fully saturated rings. The number of carbonyl (C=O) groups is 1. The maximum absolute atomic E-state index is 11.3. The Morgan fingerprint density at radius 1 is 1.20 bits per heavy atom. The van der Waals surface area contributed by atoms with Gasteiger partial charge in [0.2, 0.25) is 11.5 Å². The molecule has 0 spiro atoms. The molecule has 0 aliphatic heterocycles. The van der Waals surface area contributed by atoms with E-state index in [4.69, 9.17) is 4.74 Å². The quantitative estimate of drug-likeness (QED) is 0.658. The van der Waals surface area contributed by atoms with Gasteiger partial charge < -0.3 is 9.47 Å². The van der Waals surface area contributed by atoms with E-state index in [2.05, 4.69) is 25.2 Å². The largest absolute Gasteiger partial charge is 0.465 e. The van der Waals surface area contributed by atoms with Gasteiger partial charge in [0, 0.05) is 0 Å². The Labute approximate surface area is 113 Å². The maximum atomic E-state index is 11.3. The number of benzene rings is 1. The number of hydrogen-bond acceptors (Lipinski definition) is 7. The minimum Gasteiger partial charge on any atom is -0.465 e. The zero-order valence-corrected chi connectivity index (χ0v) is 10.4. The number of nitrogens with zero attached hydrogens (tertiary/aromatic N) is 5. The van der Waals surface area contributed by atoms with Gasteiger partial charge in [-0.2, -0.15) is 4.52 Å². The van der Waals surface area contributed by atoms with Gasteiger partial charge >= 0.3 is 5.97 Å². The molecule has 20 heavy (non-hydrogen) atoms. The zero-order chi connectivity index (χ0) is 13.9. The second kappa shape index (κ2) is 4.92. The summed E-state index contributed by atoms with van der Waals surface area (Å²) in [7, 11) is 1.33. The van der Waals surface area contributed by atoms with Gasteiger partial charge in [-0.15, -0.1) is 5.10 Å². The third-order valence-electron chi connectivity index (χ3n) is 2.58. The number of ether oxygens (including phenoxy) is 2. The number of fused-ring (bicyclic) bond motifs is 1. The van der Waals surface area contributed by atoms with Crippen LogP contribution in [0.2, 0.25) is 0 Å². The second-order valence-corrected chi connectivity index (χ2v) is 3.81. The first-order valence-electron chi connectivity index (χ1n) is 5.66. The van der Waals surface area contributed by atoms with Crippen molar-refractivity contribution in [3.05, 3.63) is 42.2 Å². The molecule has 0 amide bonds. The molecule has 8 heteroatoms. The number of tetrazole rings is 1. The van der Waals surface area contributed by atoms with E-state index in [1.54, 1.807) is 24.3 Å². The highest BCUT2D eigenvalue weighted by atomic mass is 16.5. The number of rotatable bonds is 3. The molecule has 0 aliphatic rings. The summed E-state index contributed by atoms with van der Waals surface area (Å²) in [6, 6.07) is 6.51. The third kappa shape index (κ3) is 2.14. The Hall–Kier alpha value is -3.03.